The molecule has 0 radical (unpaired) electrons. The summed E-state index contributed by atoms with van der Waals surface area (Å²) < 4.78 is 10.5. The lowest BCUT2D eigenvalue weighted by atomic mass is 10.2. The second-order valence-corrected chi connectivity index (χ2v) is 4.77. The van der Waals surface area contributed by atoms with Crippen LogP contribution in [0.15, 0.2) is 0 Å². The van der Waals surface area contributed by atoms with Gasteiger partial charge in [-0.1, -0.05) is 0 Å². The molecule has 2 saturated heterocycles. The van der Waals surface area contributed by atoms with Gasteiger partial charge in [0.1, 0.15) is 6.61 Å². The molecule has 18 heavy (non-hydrogen) atoms. The van der Waals surface area contributed by atoms with Crippen molar-refractivity contribution in [3.8, 4) is 0 Å². The smallest absolute Gasteiger partial charge is 0.248 e. The minimum absolute atomic E-state index is 0.0826. The second-order valence-electron chi connectivity index (χ2n) is 4.77. The lowest BCUT2D eigenvalue weighted by molar-refractivity contribution is -0.135. The maximum absolute atomic E-state index is 11.9. The summed E-state index contributed by atoms with van der Waals surface area (Å²) >= 11 is 0. The molecule has 6 heteroatoms. The predicted octanol–water partition coefficient (Wildman–Crippen LogP) is -1.11. The highest BCUT2D eigenvalue weighted by Crippen LogP contribution is 2.16. The molecule has 1 amide bonds. The van der Waals surface area contributed by atoms with Crippen molar-refractivity contribution in [2.24, 2.45) is 5.73 Å². The monoisotopic (exact) mass is 257 g/mol. The van der Waals surface area contributed by atoms with Crippen LogP contribution in [0.2, 0.25) is 0 Å². The molecule has 2 N–H and O–H groups in total. The summed E-state index contributed by atoms with van der Waals surface area (Å²) in [5.41, 5.74) is 5.32. The van der Waals surface area contributed by atoms with Gasteiger partial charge in [0.05, 0.1) is 19.8 Å². The summed E-state index contributed by atoms with van der Waals surface area (Å²) in [6, 6.07) is 0.493. The van der Waals surface area contributed by atoms with Crippen LogP contribution >= 0.6 is 0 Å². The van der Waals surface area contributed by atoms with Crippen LogP contribution in [-0.2, 0) is 14.3 Å². The minimum atomic E-state index is 0.0826. The highest BCUT2D eigenvalue weighted by Gasteiger charge is 2.30. The first-order chi connectivity index (χ1) is 8.81. The van der Waals surface area contributed by atoms with Gasteiger partial charge in [-0.3, -0.25) is 9.69 Å². The molecule has 2 aliphatic rings. The Morgan fingerprint density at radius 2 is 2.11 bits per heavy atom. The molecule has 0 saturated carbocycles. The van der Waals surface area contributed by atoms with E-state index < -0.39 is 0 Å². The SMILES string of the molecule is NCCOCC(=O)N1CCC(N2CCOCC2)C1. The van der Waals surface area contributed by atoms with Crippen molar-refractivity contribution >= 4 is 5.91 Å². The molecule has 2 heterocycles. The Kier molecular flexibility index (Phi) is 5.37. The maximum atomic E-state index is 11.9. The van der Waals surface area contributed by atoms with Crippen molar-refractivity contribution in [2.45, 2.75) is 12.5 Å². The first-order valence-electron chi connectivity index (χ1n) is 6.68. The van der Waals surface area contributed by atoms with Crippen LogP contribution in [0.25, 0.3) is 0 Å². The fourth-order valence-corrected chi connectivity index (χ4v) is 2.54. The van der Waals surface area contributed by atoms with E-state index in [4.69, 9.17) is 15.2 Å². The molecular formula is C12H23N3O3. The molecule has 0 aliphatic carbocycles. The number of rotatable bonds is 5. The second kappa shape index (κ2) is 7.04. The molecular weight excluding hydrogens is 234 g/mol. The maximum Gasteiger partial charge on any atom is 0.248 e. The summed E-state index contributed by atoms with van der Waals surface area (Å²) in [5.74, 6) is 0.0826. The zero-order valence-electron chi connectivity index (χ0n) is 10.8. The molecule has 104 valence electrons. The Balaban J connectivity index is 1.71. The minimum Gasteiger partial charge on any atom is -0.379 e. The van der Waals surface area contributed by atoms with Crippen molar-refractivity contribution in [2.75, 3.05) is 59.2 Å². The number of morpholine rings is 1. The van der Waals surface area contributed by atoms with Crippen molar-refractivity contribution in [3.05, 3.63) is 0 Å². The average Bonchev–Trinajstić information content (AvgIpc) is 2.89. The van der Waals surface area contributed by atoms with Crippen LogP contribution in [-0.4, -0.2) is 80.9 Å². The molecule has 0 aromatic heterocycles. The Bertz CT molecular complexity index is 269. The molecule has 6 nitrogen and oxygen atoms in total. The number of carbonyl (C=O) groups is 1. The summed E-state index contributed by atoms with van der Waals surface area (Å²) in [4.78, 5) is 16.2. The third-order valence-electron chi connectivity index (χ3n) is 3.57. The van der Waals surface area contributed by atoms with Crippen LogP contribution in [0.3, 0.4) is 0 Å². The third-order valence-corrected chi connectivity index (χ3v) is 3.57. The standard InChI is InChI=1S/C12H23N3O3/c13-2-6-18-10-12(16)15-3-1-11(9-15)14-4-7-17-8-5-14/h11H,1-10,13H2. The van der Waals surface area contributed by atoms with Crippen LogP contribution in [0.1, 0.15) is 6.42 Å². The first-order valence-corrected chi connectivity index (χ1v) is 6.68. The quantitative estimate of drug-likeness (QED) is 0.633. The predicted molar refractivity (Wildman–Crippen MR) is 67.3 cm³/mol. The van der Waals surface area contributed by atoms with E-state index in [0.29, 0.717) is 19.2 Å². The molecule has 0 bridgehead atoms. The van der Waals surface area contributed by atoms with Gasteiger partial charge in [0.2, 0.25) is 5.91 Å². The van der Waals surface area contributed by atoms with E-state index in [9.17, 15) is 4.79 Å². The summed E-state index contributed by atoms with van der Waals surface area (Å²) in [5, 5.41) is 0. The van der Waals surface area contributed by atoms with Crippen LogP contribution in [0.5, 0.6) is 0 Å². The van der Waals surface area contributed by atoms with Gasteiger partial charge < -0.3 is 20.1 Å². The van der Waals surface area contributed by atoms with Gasteiger partial charge in [-0.05, 0) is 6.42 Å². The molecule has 2 aliphatic heterocycles. The zero-order chi connectivity index (χ0) is 12.8. The summed E-state index contributed by atoms with van der Waals surface area (Å²) in [6.07, 6.45) is 1.06. The lowest BCUT2D eigenvalue weighted by Gasteiger charge is -2.32. The highest BCUT2D eigenvalue weighted by atomic mass is 16.5. The number of carbonyl (C=O) groups excluding carboxylic acids is 1. The van der Waals surface area contributed by atoms with E-state index in [2.05, 4.69) is 4.90 Å². The Morgan fingerprint density at radius 1 is 1.33 bits per heavy atom. The number of nitrogens with zero attached hydrogens (tertiary/aromatic N) is 2. The average molecular weight is 257 g/mol. The van der Waals surface area contributed by atoms with Crippen LogP contribution in [0.4, 0.5) is 0 Å². The van der Waals surface area contributed by atoms with E-state index >= 15 is 0 Å². The van der Waals surface area contributed by atoms with Crippen molar-refractivity contribution in [3.63, 3.8) is 0 Å². The Hall–Kier alpha value is -0.690. The van der Waals surface area contributed by atoms with Crippen LogP contribution < -0.4 is 5.73 Å². The fraction of sp³-hybridized carbons (Fsp3) is 0.917. The van der Waals surface area contributed by atoms with E-state index in [-0.39, 0.29) is 12.5 Å². The molecule has 1 unspecified atom stereocenters. The van der Waals surface area contributed by atoms with E-state index in [1.807, 2.05) is 4.90 Å². The molecule has 2 rings (SSSR count). The number of likely N-dealkylation sites (tertiary alicyclic amines) is 1. The Morgan fingerprint density at radius 3 is 2.83 bits per heavy atom. The van der Waals surface area contributed by atoms with E-state index in [0.717, 1.165) is 45.8 Å². The molecule has 0 spiro atoms. The summed E-state index contributed by atoms with van der Waals surface area (Å²) in [7, 11) is 0. The highest BCUT2D eigenvalue weighted by molar-refractivity contribution is 5.77. The van der Waals surface area contributed by atoms with Gasteiger partial charge in [0.15, 0.2) is 0 Å². The molecule has 0 aromatic carbocycles. The Labute approximate surface area is 108 Å². The normalized spacial score (nSPS) is 25.6. The number of hydrogen-bond donors (Lipinski definition) is 1. The van der Waals surface area contributed by atoms with Gasteiger partial charge >= 0.3 is 0 Å². The summed E-state index contributed by atoms with van der Waals surface area (Å²) in [6.45, 7) is 6.32. The number of nitrogens with two attached hydrogens (primary N) is 1. The molecule has 0 aromatic rings. The number of amides is 1. The van der Waals surface area contributed by atoms with Gasteiger partial charge in [-0.25, -0.2) is 0 Å². The number of hydrogen-bond acceptors (Lipinski definition) is 5. The van der Waals surface area contributed by atoms with Gasteiger partial charge in [-0.2, -0.15) is 0 Å². The zero-order valence-corrected chi connectivity index (χ0v) is 10.8. The first kappa shape index (κ1) is 13.7. The molecule has 2 fully saturated rings. The fourth-order valence-electron chi connectivity index (χ4n) is 2.54. The van der Waals surface area contributed by atoms with E-state index in [1.54, 1.807) is 0 Å². The van der Waals surface area contributed by atoms with Crippen molar-refractivity contribution in [1.82, 2.24) is 9.80 Å². The lowest BCUT2D eigenvalue weighted by Crippen LogP contribution is -2.45. The van der Waals surface area contributed by atoms with E-state index in [1.165, 1.54) is 0 Å². The third kappa shape index (κ3) is 3.65. The molecule has 1 atom stereocenters. The number of ether oxygens (including phenoxy) is 2. The van der Waals surface area contributed by atoms with Crippen molar-refractivity contribution in [1.29, 1.82) is 0 Å². The van der Waals surface area contributed by atoms with Crippen LogP contribution in [0, 0.1) is 0 Å². The topological polar surface area (TPSA) is 68.0 Å². The van der Waals surface area contributed by atoms with Gasteiger partial charge in [0, 0.05) is 38.8 Å². The van der Waals surface area contributed by atoms with Gasteiger partial charge in [-0.15, -0.1) is 0 Å². The van der Waals surface area contributed by atoms with Gasteiger partial charge in [0.25, 0.3) is 0 Å². The van der Waals surface area contributed by atoms with Crippen molar-refractivity contribution < 1.29 is 14.3 Å². The largest absolute Gasteiger partial charge is 0.379 e.